The number of methoxy groups -OCH3 is 1. The van der Waals surface area contributed by atoms with Crippen LogP contribution in [-0.4, -0.2) is 37.2 Å². The molecule has 210 valence electrons. The van der Waals surface area contributed by atoms with E-state index in [0.717, 1.165) is 17.7 Å². The van der Waals surface area contributed by atoms with Crippen molar-refractivity contribution in [2.24, 2.45) is 0 Å². The number of carbonyl (C=O) groups excluding carboxylic acids is 1. The number of fused-ring (bicyclic) bond motifs is 2. The first-order valence-corrected chi connectivity index (χ1v) is 12.8. The number of alkyl halides is 3. The Balaban J connectivity index is 1.70. The topological polar surface area (TPSA) is 76.1 Å². The van der Waals surface area contributed by atoms with Crippen LogP contribution in [0.15, 0.2) is 30.3 Å². The molecule has 6 nitrogen and oxygen atoms in total. The van der Waals surface area contributed by atoms with E-state index in [2.05, 4.69) is 0 Å². The van der Waals surface area contributed by atoms with Gasteiger partial charge in [0.2, 0.25) is 0 Å². The number of ether oxygens (including phenoxy) is 2. The van der Waals surface area contributed by atoms with E-state index in [4.69, 9.17) is 9.47 Å². The number of carbonyl (C=O) groups is 2. The number of hydrogen-bond donors (Lipinski definition) is 1. The maximum absolute atomic E-state index is 15.3. The normalized spacial score (nSPS) is 14.4. The Labute approximate surface area is 228 Å². The van der Waals surface area contributed by atoms with E-state index in [1.165, 1.54) is 24.1 Å². The number of benzene rings is 3. The zero-order valence-corrected chi connectivity index (χ0v) is 22.2. The van der Waals surface area contributed by atoms with Gasteiger partial charge >= 0.3 is 12.1 Å². The number of amides is 1. The van der Waals surface area contributed by atoms with Gasteiger partial charge < -0.3 is 19.5 Å². The van der Waals surface area contributed by atoms with Gasteiger partial charge in [0.25, 0.3) is 5.91 Å². The predicted octanol–water partition coefficient (Wildman–Crippen LogP) is 6.29. The molecule has 40 heavy (non-hydrogen) atoms. The van der Waals surface area contributed by atoms with E-state index < -0.39 is 35.0 Å². The Morgan fingerprint density at radius 1 is 1.10 bits per heavy atom. The highest BCUT2D eigenvalue weighted by atomic mass is 19.4. The van der Waals surface area contributed by atoms with Crippen LogP contribution in [-0.2, 0) is 30.2 Å². The third-order valence-electron chi connectivity index (χ3n) is 7.66. The summed E-state index contributed by atoms with van der Waals surface area (Å²) < 4.78 is 67.5. The van der Waals surface area contributed by atoms with Gasteiger partial charge in [-0.05, 0) is 96.8 Å². The van der Waals surface area contributed by atoms with Crippen LogP contribution in [0, 0.1) is 19.7 Å². The minimum absolute atomic E-state index is 0.0315. The molecule has 0 saturated carbocycles. The van der Waals surface area contributed by atoms with E-state index >= 15 is 4.39 Å². The van der Waals surface area contributed by atoms with Gasteiger partial charge in [-0.15, -0.1) is 0 Å². The molecule has 5 rings (SSSR count). The second kappa shape index (κ2) is 10.1. The molecule has 0 fully saturated rings. The van der Waals surface area contributed by atoms with Crippen LogP contribution in [0.25, 0.3) is 11.1 Å². The highest BCUT2D eigenvalue weighted by molar-refractivity contribution is 6.09. The summed E-state index contributed by atoms with van der Waals surface area (Å²) >= 11 is 0. The fraction of sp³-hybridized carbons (Fsp3) is 0.333. The third-order valence-corrected chi connectivity index (χ3v) is 7.66. The van der Waals surface area contributed by atoms with E-state index in [-0.39, 0.29) is 30.9 Å². The van der Waals surface area contributed by atoms with Gasteiger partial charge in [0.05, 0.1) is 31.3 Å². The largest absolute Gasteiger partial charge is 0.497 e. The van der Waals surface area contributed by atoms with E-state index in [1.54, 1.807) is 13.0 Å². The third kappa shape index (κ3) is 4.65. The van der Waals surface area contributed by atoms with Gasteiger partial charge in [-0.2, -0.15) is 13.2 Å². The van der Waals surface area contributed by atoms with Crippen LogP contribution in [0.1, 0.15) is 50.2 Å². The lowest BCUT2D eigenvalue weighted by molar-refractivity contribution is -0.138. The van der Waals surface area contributed by atoms with Gasteiger partial charge in [-0.25, -0.2) is 4.39 Å². The molecule has 1 amide bonds. The van der Waals surface area contributed by atoms with Crippen molar-refractivity contribution in [1.29, 1.82) is 0 Å². The number of halogens is 4. The molecule has 3 aromatic carbocycles. The second-order valence-corrected chi connectivity index (χ2v) is 10.0. The van der Waals surface area contributed by atoms with Crippen LogP contribution in [0.2, 0.25) is 0 Å². The van der Waals surface area contributed by atoms with E-state index in [0.29, 0.717) is 58.5 Å². The zero-order chi connectivity index (χ0) is 28.9. The highest BCUT2D eigenvalue weighted by Gasteiger charge is 2.39. The minimum Gasteiger partial charge on any atom is -0.497 e. The molecule has 0 spiro atoms. The predicted molar refractivity (Wildman–Crippen MR) is 140 cm³/mol. The SMILES string of the molecule is COc1ccc(C(=O)N2CCc3c2cc(C)c(CC(=O)O)c3-c2cc(F)c3c(c2C)CCCO3)c(C(F)(F)F)c1. The summed E-state index contributed by atoms with van der Waals surface area (Å²) in [6.07, 6.45) is -3.58. The van der Waals surface area contributed by atoms with E-state index in [1.807, 2.05) is 6.92 Å². The van der Waals surface area contributed by atoms with Crippen LogP contribution in [0.4, 0.5) is 23.2 Å². The van der Waals surface area contributed by atoms with Crippen LogP contribution in [0.5, 0.6) is 11.5 Å². The molecule has 2 aliphatic rings. The van der Waals surface area contributed by atoms with Gasteiger partial charge in [-0.3, -0.25) is 9.59 Å². The Hall–Kier alpha value is -4.08. The monoisotopic (exact) mass is 557 g/mol. The lowest BCUT2D eigenvalue weighted by atomic mass is 9.84. The fourth-order valence-electron chi connectivity index (χ4n) is 5.77. The number of anilines is 1. The second-order valence-electron chi connectivity index (χ2n) is 10.0. The van der Waals surface area contributed by atoms with Crippen molar-refractivity contribution in [3.8, 4) is 22.6 Å². The molecule has 2 aliphatic heterocycles. The number of carboxylic acids is 1. The van der Waals surface area contributed by atoms with Crippen LogP contribution in [0.3, 0.4) is 0 Å². The lowest BCUT2D eigenvalue weighted by Crippen LogP contribution is -2.31. The van der Waals surface area contributed by atoms with E-state index in [9.17, 15) is 27.9 Å². The molecule has 0 radical (unpaired) electrons. The summed E-state index contributed by atoms with van der Waals surface area (Å²) in [5.74, 6) is -2.33. The number of aliphatic carboxylic acids is 1. The summed E-state index contributed by atoms with van der Waals surface area (Å²) in [5.41, 5.74) is 2.79. The van der Waals surface area contributed by atoms with Crippen molar-refractivity contribution < 1.29 is 41.7 Å². The molecule has 0 unspecified atom stereocenters. The smallest absolute Gasteiger partial charge is 0.417 e. The van der Waals surface area contributed by atoms with Crippen molar-refractivity contribution in [2.75, 3.05) is 25.2 Å². The zero-order valence-electron chi connectivity index (χ0n) is 22.2. The van der Waals surface area contributed by atoms with Crippen molar-refractivity contribution >= 4 is 17.6 Å². The Bertz CT molecular complexity index is 1550. The van der Waals surface area contributed by atoms with Crippen molar-refractivity contribution in [3.63, 3.8) is 0 Å². The quantitative estimate of drug-likeness (QED) is 0.373. The average molecular weight is 558 g/mol. The molecule has 1 N–H and O–H groups in total. The molecule has 0 saturated heterocycles. The molecule has 0 aliphatic carbocycles. The number of nitrogens with zero attached hydrogens (tertiary/aromatic N) is 1. The Kier molecular flexibility index (Phi) is 6.97. The highest BCUT2D eigenvalue weighted by Crippen LogP contribution is 2.46. The summed E-state index contributed by atoms with van der Waals surface area (Å²) in [6, 6.07) is 6.14. The first-order chi connectivity index (χ1) is 18.9. The fourth-order valence-corrected chi connectivity index (χ4v) is 5.77. The molecule has 0 atom stereocenters. The number of carboxylic acid groups (broad SMARTS) is 1. The average Bonchev–Trinajstić information content (AvgIpc) is 3.33. The standard InChI is InChI=1S/C30H27F4NO5/c1-15-11-25-20(8-9-35(25)29(38)19-7-6-17(39-3)12-23(19)30(32,33)34)27(21(15)14-26(36)37)22-13-24(31)28-18(16(22)2)5-4-10-40-28/h6-7,11-13H,4-5,8-10,14H2,1-3H3,(H,36,37). The summed E-state index contributed by atoms with van der Waals surface area (Å²) in [6.45, 7) is 3.99. The lowest BCUT2D eigenvalue weighted by Gasteiger charge is -2.25. The van der Waals surface area contributed by atoms with Gasteiger partial charge in [0, 0.05) is 17.8 Å². The summed E-state index contributed by atoms with van der Waals surface area (Å²) in [4.78, 5) is 26.8. The van der Waals surface area contributed by atoms with Crippen molar-refractivity contribution in [2.45, 2.75) is 45.7 Å². The molecular weight excluding hydrogens is 530 g/mol. The molecule has 3 aromatic rings. The maximum atomic E-state index is 15.3. The first kappa shape index (κ1) is 27.5. The first-order valence-electron chi connectivity index (χ1n) is 12.8. The van der Waals surface area contributed by atoms with Gasteiger partial charge in [0.1, 0.15) is 5.75 Å². The number of rotatable bonds is 5. The van der Waals surface area contributed by atoms with Crippen LogP contribution >= 0.6 is 0 Å². The minimum atomic E-state index is -4.80. The van der Waals surface area contributed by atoms with Crippen molar-refractivity contribution in [1.82, 2.24) is 0 Å². The number of aryl methyl sites for hydroxylation is 1. The maximum Gasteiger partial charge on any atom is 0.417 e. The van der Waals surface area contributed by atoms with Gasteiger partial charge in [0.15, 0.2) is 11.6 Å². The summed E-state index contributed by atoms with van der Waals surface area (Å²) in [7, 11) is 1.24. The summed E-state index contributed by atoms with van der Waals surface area (Å²) in [5, 5.41) is 9.69. The van der Waals surface area contributed by atoms with Gasteiger partial charge in [-0.1, -0.05) is 0 Å². The Morgan fingerprint density at radius 2 is 1.85 bits per heavy atom. The molecule has 10 heteroatoms. The number of hydrogen-bond acceptors (Lipinski definition) is 4. The van der Waals surface area contributed by atoms with Crippen molar-refractivity contribution in [3.05, 3.63) is 75.1 Å². The molecule has 0 bridgehead atoms. The molecule has 2 heterocycles. The molecular formula is C30H27F4NO5. The molecule has 0 aromatic heterocycles. The van der Waals surface area contributed by atoms with Crippen LogP contribution < -0.4 is 14.4 Å². The Morgan fingerprint density at radius 3 is 2.52 bits per heavy atom.